The second kappa shape index (κ2) is 9.26. The van der Waals surface area contributed by atoms with Crippen molar-refractivity contribution >= 4 is 35.1 Å². The van der Waals surface area contributed by atoms with E-state index in [4.69, 9.17) is 4.74 Å². The normalized spacial score (nSPS) is 14.1. The third-order valence-electron chi connectivity index (χ3n) is 5.03. The fourth-order valence-corrected chi connectivity index (χ4v) is 3.42. The Morgan fingerprint density at radius 3 is 2.53 bits per heavy atom. The van der Waals surface area contributed by atoms with Gasteiger partial charge in [-0.1, -0.05) is 48.0 Å². The maximum Gasteiger partial charge on any atom is 0.279 e. The quantitative estimate of drug-likeness (QED) is 0.481. The van der Waals surface area contributed by atoms with Gasteiger partial charge >= 0.3 is 0 Å². The molecule has 1 heterocycles. The minimum absolute atomic E-state index is 0.126. The molecule has 0 fully saturated rings. The highest BCUT2D eigenvalue weighted by molar-refractivity contribution is 6.54. The average molecular weight is 426 g/mol. The number of carbonyl (C=O) groups excluding carboxylic acids is 2. The zero-order valence-electron chi connectivity index (χ0n) is 17.8. The Bertz CT molecular complexity index is 1220. The first-order chi connectivity index (χ1) is 15.6. The lowest BCUT2D eigenvalue weighted by Crippen LogP contribution is -2.37. The molecule has 1 aliphatic heterocycles. The van der Waals surface area contributed by atoms with Crippen molar-refractivity contribution in [1.82, 2.24) is 0 Å². The van der Waals surface area contributed by atoms with E-state index in [9.17, 15) is 9.59 Å². The number of hydrogen-bond donors (Lipinski definition) is 1. The van der Waals surface area contributed by atoms with Gasteiger partial charge in [-0.15, -0.1) is 5.10 Å². The van der Waals surface area contributed by atoms with Crippen LogP contribution in [0, 0.1) is 6.92 Å². The van der Waals surface area contributed by atoms with Gasteiger partial charge in [0, 0.05) is 16.8 Å². The Balaban J connectivity index is 1.55. The molecule has 7 heteroatoms. The molecule has 0 aromatic heterocycles. The van der Waals surface area contributed by atoms with Gasteiger partial charge < -0.3 is 10.1 Å². The summed E-state index contributed by atoms with van der Waals surface area (Å²) in [6.45, 7) is 1.85. The molecule has 3 aromatic carbocycles. The summed E-state index contributed by atoms with van der Waals surface area (Å²) in [4.78, 5) is 27.1. The van der Waals surface area contributed by atoms with Crippen LogP contribution in [-0.2, 0) is 9.59 Å². The maximum absolute atomic E-state index is 13.1. The fourth-order valence-electron chi connectivity index (χ4n) is 3.42. The van der Waals surface area contributed by atoms with Crippen molar-refractivity contribution in [3.8, 4) is 5.75 Å². The van der Waals surface area contributed by atoms with E-state index < -0.39 is 0 Å². The third kappa shape index (κ3) is 4.41. The number of anilines is 2. The van der Waals surface area contributed by atoms with Gasteiger partial charge in [-0.25, -0.2) is 0 Å². The van der Waals surface area contributed by atoms with Crippen molar-refractivity contribution in [1.29, 1.82) is 0 Å². The molecule has 32 heavy (non-hydrogen) atoms. The van der Waals surface area contributed by atoms with E-state index in [2.05, 4.69) is 15.5 Å². The largest absolute Gasteiger partial charge is 0.496 e. The summed E-state index contributed by atoms with van der Waals surface area (Å²) in [6, 6.07) is 22.1. The van der Waals surface area contributed by atoms with Crippen LogP contribution in [-0.4, -0.2) is 37.4 Å². The van der Waals surface area contributed by atoms with Crippen LogP contribution in [0.2, 0.25) is 0 Å². The molecule has 7 nitrogen and oxygen atoms in total. The molecule has 0 atom stereocenters. The van der Waals surface area contributed by atoms with E-state index in [1.165, 1.54) is 11.1 Å². The van der Waals surface area contributed by atoms with Gasteiger partial charge in [0.05, 0.1) is 19.0 Å². The molecule has 0 aliphatic carbocycles. The van der Waals surface area contributed by atoms with Crippen molar-refractivity contribution in [2.75, 3.05) is 23.9 Å². The Kier molecular flexibility index (Phi) is 6.07. The van der Waals surface area contributed by atoms with Gasteiger partial charge in [0.1, 0.15) is 12.3 Å². The van der Waals surface area contributed by atoms with Gasteiger partial charge in [0.2, 0.25) is 5.91 Å². The summed E-state index contributed by atoms with van der Waals surface area (Å²) in [5.41, 5.74) is 3.97. The van der Waals surface area contributed by atoms with Gasteiger partial charge in [0.25, 0.3) is 5.91 Å². The molecule has 3 aromatic rings. The number of aryl methyl sites for hydroxylation is 1. The molecule has 1 N–H and O–H groups in total. The summed E-state index contributed by atoms with van der Waals surface area (Å²) >= 11 is 0. The molecule has 2 amide bonds. The standard InChI is InChI=1S/C25H22N4O3/c1-17-11-13-19(14-12-17)27-23(30)16-29-21-9-5-4-8-20(21)24(25(29)31)28-26-15-18-7-3-6-10-22(18)32-2/h3-15H,16H2,1-2H3,(H,27,30)/b26-15+,28-24-. The van der Waals surface area contributed by atoms with Crippen molar-refractivity contribution in [3.63, 3.8) is 0 Å². The Hall–Kier alpha value is -4.26. The monoisotopic (exact) mass is 426 g/mol. The van der Waals surface area contributed by atoms with Crippen molar-refractivity contribution < 1.29 is 14.3 Å². The predicted octanol–water partition coefficient (Wildman–Crippen LogP) is 3.81. The Morgan fingerprint density at radius 1 is 1.03 bits per heavy atom. The second-order valence-electron chi connectivity index (χ2n) is 7.26. The van der Waals surface area contributed by atoms with Crippen LogP contribution in [0.15, 0.2) is 83.0 Å². The van der Waals surface area contributed by atoms with Crippen LogP contribution in [0.3, 0.4) is 0 Å². The molecule has 4 rings (SSSR count). The molecular weight excluding hydrogens is 404 g/mol. The number of nitrogens with one attached hydrogen (secondary N) is 1. The van der Waals surface area contributed by atoms with Crippen LogP contribution in [0.4, 0.5) is 11.4 Å². The second-order valence-corrected chi connectivity index (χ2v) is 7.26. The summed E-state index contributed by atoms with van der Waals surface area (Å²) in [7, 11) is 1.58. The molecule has 0 unspecified atom stereocenters. The van der Waals surface area contributed by atoms with Gasteiger partial charge in [-0.3, -0.25) is 14.5 Å². The van der Waals surface area contributed by atoms with Crippen LogP contribution in [0.25, 0.3) is 0 Å². The zero-order valence-corrected chi connectivity index (χ0v) is 17.8. The smallest absolute Gasteiger partial charge is 0.279 e. The first kappa shape index (κ1) is 21.0. The zero-order chi connectivity index (χ0) is 22.5. The topological polar surface area (TPSA) is 83.4 Å². The number of carbonyl (C=O) groups is 2. The Morgan fingerprint density at radius 2 is 1.75 bits per heavy atom. The number of nitrogens with zero attached hydrogens (tertiary/aromatic N) is 3. The van der Waals surface area contributed by atoms with E-state index in [1.54, 1.807) is 19.2 Å². The highest BCUT2D eigenvalue weighted by atomic mass is 16.5. The highest BCUT2D eigenvalue weighted by Gasteiger charge is 2.35. The molecule has 0 spiro atoms. The van der Waals surface area contributed by atoms with Crippen molar-refractivity contribution in [2.24, 2.45) is 10.2 Å². The lowest BCUT2D eigenvalue weighted by Gasteiger charge is -2.16. The van der Waals surface area contributed by atoms with Crippen molar-refractivity contribution in [3.05, 3.63) is 89.5 Å². The van der Waals surface area contributed by atoms with Crippen LogP contribution < -0.4 is 15.0 Å². The minimum atomic E-state index is -0.373. The number of hydrogen-bond acceptors (Lipinski definition) is 5. The highest BCUT2D eigenvalue weighted by Crippen LogP contribution is 2.29. The molecule has 0 saturated heterocycles. The van der Waals surface area contributed by atoms with E-state index in [0.717, 1.165) is 11.1 Å². The first-order valence-corrected chi connectivity index (χ1v) is 10.1. The Labute approximate surface area is 186 Å². The van der Waals surface area contributed by atoms with Crippen LogP contribution >= 0.6 is 0 Å². The molecule has 1 aliphatic rings. The van der Waals surface area contributed by atoms with E-state index in [-0.39, 0.29) is 24.1 Å². The fraction of sp³-hybridized carbons (Fsp3) is 0.120. The lowest BCUT2D eigenvalue weighted by atomic mass is 10.1. The molecule has 0 radical (unpaired) electrons. The molecule has 0 bridgehead atoms. The third-order valence-corrected chi connectivity index (χ3v) is 5.03. The van der Waals surface area contributed by atoms with Gasteiger partial charge in [-0.2, -0.15) is 5.10 Å². The van der Waals surface area contributed by atoms with Crippen molar-refractivity contribution in [2.45, 2.75) is 6.92 Å². The number of para-hydroxylation sites is 2. The lowest BCUT2D eigenvalue weighted by molar-refractivity contribution is -0.118. The SMILES string of the molecule is COc1ccccc1/C=N/N=C1\C(=O)N(CC(=O)Nc2ccc(C)cc2)c2ccccc21. The van der Waals surface area contributed by atoms with E-state index in [0.29, 0.717) is 22.7 Å². The van der Waals surface area contributed by atoms with Gasteiger partial charge in [0.15, 0.2) is 5.71 Å². The molecule has 0 saturated carbocycles. The number of fused-ring (bicyclic) bond motifs is 1. The number of ether oxygens (including phenoxy) is 1. The number of methoxy groups -OCH3 is 1. The number of benzene rings is 3. The molecular formula is C25H22N4O3. The summed E-state index contributed by atoms with van der Waals surface area (Å²) in [5.74, 6) is -0.0118. The molecule has 160 valence electrons. The van der Waals surface area contributed by atoms with Crippen LogP contribution in [0.5, 0.6) is 5.75 Å². The van der Waals surface area contributed by atoms with Crippen LogP contribution in [0.1, 0.15) is 16.7 Å². The first-order valence-electron chi connectivity index (χ1n) is 10.1. The maximum atomic E-state index is 13.1. The predicted molar refractivity (Wildman–Crippen MR) is 126 cm³/mol. The van der Waals surface area contributed by atoms with E-state index >= 15 is 0 Å². The number of rotatable bonds is 6. The summed E-state index contributed by atoms with van der Waals surface area (Å²) < 4.78 is 5.30. The minimum Gasteiger partial charge on any atom is -0.496 e. The van der Waals surface area contributed by atoms with Gasteiger partial charge in [-0.05, 0) is 37.3 Å². The summed E-state index contributed by atoms with van der Waals surface area (Å²) in [5, 5.41) is 11.1. The summed E-state index contributed by atoms with van der Waals surface area (Å²) in [6.07, 6.45) is 1.54. The number of amides is 2. The van der Waals surface area contributed by atoms with E-state index in [1.807, 2.05) is 67.6 Å². The average Bonchev–Trinajstić information content (AvgIpc) is 3.07.